The standard InChI is InChI=1S/C17H18F7NO3/c1-9(2)28-14(27)12(25-13(26)11-7-5-4-6-8-11)10(3)15(18,19)16(20,21)17(22,23)24/h4-10,12H,1-3H3,(H,25,26). The third kappa shape index (κ3) is 4.93. The van der Waals surface area contributed by atoms with E-state index in [0.717, 1.165) is 0 Å². The van der Waals surface area contributed by atoms with Gasteiger partial charge >= 0.3 is 24.0 Å². The molecule has 0 saturated heterocycles. The number of carbonyl (C=O) groups is 2. The molecule has 0 radical (unpaired) electrons. The van der Waals surface area contributed by atoms with Crippen LogP contribution in [0.2, 0.25) is 0 Å². The smallest absolute Gasteiger partial charge is 0.459 e. The molecule has 1 rings (SSSR count). The van der Waals surface area contributed by atoms with Gasteiger partial charge in [0.05, 0.1) is 12.0 Å². The molecule has 0 aliphatic heterocycles. The van der Waals surface area contributed by atoms with Gasteiger partial charge in [-0.25, -0.2) is 4.79 Å². The van der Waals surface area contributed by atoms with Gasteiger partial charge in [0.15, 0.2) is 0 Å². The molecule has 4 nitrogen and oxygen atoms in total. The van der Waals surface area contributed by atoms with Crippen molar-refractivity contribution in [1.82, 2.24) is 5.32 Å². The molecule has 1 aromatic rings. The summed E-state index contributed by atoms with van der Waals surface area (Å²) in [5, 5.41) is 1.77. The van der Waals surface area contributed by atoms with Crippen molar-refractivity contribution in [2.75, 3.05) is 0 Å². The number of amides is 1. The number of ether oxygens (including phenoxy) is 1. The SMILES string of the molecule is CC(C)OC(=O)C(NC(=O)c1ccccc1)C(C)C(F)(F)C(F)(F)C(F)(F)F. The maximum absolute atomic E-state index is 14.1. The summed E-state index contributed by atoms with van der Waals surface area (Å²) in [6, 6.07) is 4.30. The van der Waals surface area contributed by atoms with Crippen LogP contribution in [0.25, 0.3) is 0 Å². The van der Waals surface area contributed by atoms with E-state index in [4.69, 9.17) is 0 Å². The quantitative estimate of drug-likeness (QED) is 0.534. The molecule has 1 N–H and O–H groups in total. The second kappa shape index (κ2) is 8.36. The zero-order valence-corrected chi connectivity index (χ0v) is 15.0. The number of esters is 1. The first-order chi connectivity index (χ1) is 12.6. The third-order valence-corrected chi connectivity index (χ3v) is 3.77. The molecule has 0 heterocycles. The van der Waals surface area contributed by atoms with E-state index in [1.165, 1.54) is 44.2 Å². The Labute approximate surface area is 156 Å². The van der Waals surface area contributed by atoms with Crippen LogP contribution in [0.3, 0.4) is 0 Å². The number of carbonyl (C=O) groups excluding carboxylic acids is 2. The predicted octanol–water partition coefficient (Wildman–Crippen LogP) is 4.21. The van der Waals surface area contributed by atoms with Crippen LogP contribution in [0.15, 0.2) is 30.3 Å². The van der Waals surface area contributed by atoms with E-state index in [9.17, 15) is 40.3 Å². The Morgan fingerprint density at radius 2 is 1.43 bits per heavy atom. The summed E-state index contributed by atoms with van der Waals surface area (Å²) >= 11 is 0. The Morgan fingerprint density at radius 1 is 0.929 bits per heavy atom. The Morgan fingerprint density at radius 3 is 1.86 bits per heavy atom. The number of rotatable bonds is 7. The summed E-state index contributed by atoms with van der Waals surface area (Å²) in [4.78, 5) is 24.2. The van der Waals surface area contributed by atoms with Gasteiger partial charge in [0.1, 0.15) is 6.04 Å². The highest BCUT2D eigenvalue weighted by atomic mass is 19.4. The average Bonchev–Trinajstić information content (AvgIpc) is 2.57. The largest absolute Gasteiger partial charge is 0.461 e. The molecule has 1 aromatic carbocycles. The highest BCUT2D eigenvalue weighted by Crippen LogP contribution is 2.50. The lowest BCUT2D eigenvalue weighted by Crippen LogP contribution is -2.61. The lowest BCUT2D eigenvalue weighted by Gasteiger charge is -2.35. The van der Waals surface area contributed by atoms with Crippen molar-refractivity contribution in [2.45, 2.75) is 50.9 Å². The maximum Gasteiger partial charge on any atom is 0.459 e. The van der Waals surface area contributed by atoms with Crippen LogP contribution in [0, 0.1) is 5.92 Å². The van der Waals surface area contributed by atoms with Gasteiger partial charge in [0, 0.05) is 5.56 Å². The first-order valence-corrected chi connectivity index (χ1v) is 8.01. The van der Waals surface area contributed by atoms with Crippen LogP contribution < -0.4 is 5.32 Å². The summed E-state index contributed by atoms with van der Waals surface area (Å²) in [7, 11) is 0. The van der Waals surface area contributed by atoms with Crippen LogP contribution in [-0.2, 0) is 9.53 Å². The van der Waals surface area contributed by atoms with Crippen molar-refractivity contribution in [3.8, 4) is 0 Å². The van der Waals surface area contributed by atoms with E-state index in [-0.39, 0.29) is 5.56 Å². The molecule has 0 aliphatic rings. The molecule has 1 amide bonds. The molecular formula is C17H18F7NO3. The minimum Gasteiger partial charge on any atom is -0.461 e. The zero-order valence-electron chi connectivity index (χ0n) is 15.0. The zero-order chi connectivity index (χ0) is 21.9. The van der Waals surface area contributed by atoms with Gasteiger partial charge in [-0.1, -0.05) is 25.1 Å². The first kappa shape index (κ1) is 23.7. The van der Waals surface area contributed by atoms with E-state index in [2.05, 4.69) is 4.74 Å². The summed E-state index contributed by atoms with van der Waals surface area (Å²) < 4.78 is 96.9. The van der Waals surface area contributed by atoms with Crippen molar-refractivity contribution in [1.29, 1.82) is 0 Å². The van der Waals surface area contributed by atoms with Crippen LogP contribution in [0.5, 0.6) is 0 Å². The van der Waals surface area contributed by atoms with Gasteiger partial charge in [-0.05, 0) is 26.0 Å². The predicted molar refractivity (Wildman–Crippen MR) is 84.0 cm³/mol. The van der Waals surface area contributed by atoms with Gasteiger partial charge < -0.3 is 10.1 Å². The molecular weight excluding hydrogens is 399 g/mol. The molecule has 158 valence electrons. The lowest BCUT2D eigenvalue weighted by atomic mass is 9.89. The Balaban J connectivity index is 3.27. The average molecular weight is 417 g/mol. The van der Waals surface area contributed by atoms with Crippen LogP contribution in [0.4, 0.5) is 30.7 Å². The molecule has 28 heavy (non-hydrogen) atoms. The molecule has 0 bridgehead atoms. The minimum atomic E-state index is -6.57. The summed E-state index contributed by atoms with van der Waals surface area (Å²) in [6.45, 7) is 2.92. The second-order valence-electron chi connectivity index (χ2n) is 6.29. The van der Waals surface area contributed by atoms with Crippen molar-refractivity contribution < 1.29 is 45.1 Å². The van der Waals surface area contributed by atoms with Crippen molar-refractivity contribution in [3.05, 3.63) is 35.9 Å². The highest BCUT2D eigenvalue weighted by molar-refractivity contribution is 5.96. The lowest BCUT2D eigenvalue weighted by molar-refractivity contribution is -0.365. The number of alkyl halides is 7. The van der Waals surface area contributed by atoms with Crippen molar-refractivity contribution >= 4 is 11.9 Å². The van der Waals surface area contributed by atoms with E-state index in [0.29, 0.717) is 6.92 Å². The normalized spacial score (nSPS) is 15.1. The highest BCUT2D eigenvalue weighted by Gasteiger charge is 2.75. The monoisotopic (exact) mass is 417 g/mol. The molecule has 0 fully saturated rings. The Kier molecular flexibility index (Phi) is 7.08. The van der Waals surface area contributed by atoms with E-state index in [1.807, 2.05) is 0 Å². The topological polar surface area (TPSA) is 55.4 Å². The number of nitrogens with one attached hydrogen (secondary N) is 1. The number of hydrogen-bond acceptors (Lipinski definition) is 3. The fraction of sp³-hybridized carbons (Fsp3) is 0.529. The van der Waals surface area contributed by atoms with Crippen LogP contribution >= 0.6 is 0 Å². The minimum absolute atomic E-state index is 0.122. The van der Waals surface area contributed by atoms with E-state index in [1.54, 1.807) is 5.32 Å². The number of halogens is 7. The van der Waals surface area contributed by atoms with Gasteiger partial charge in [-0.3, -0.25) is 4.79 Å². The van der Waals surface area contributed by atoms with Crippen LogP contribution in [0.1, 0.15) is 31.1 Å². The first-order valence-electron chi connectivity index (χ1n) is 8.01. The fourth-order valence-corrected chi connectivity index (χ4v) is 2.19. The molecule has 11 heteroatoms. The second-order valence-corrected chi connectivity index (χ2v) is 6.29. The van der Waals surface area contributed by atoms with Gasteiger partial charge in [-0.15, -0.1) is 0 Å². The van der Waals surface area contributed by atoms with Gasteiger partial charge in [-0.2, -0.15) is 30.7 Å². The summed E-state index contributed by atoms with van der Waals surface area (Å²) in [6.07, 6.45) is -7.46. The number of hydrogen-bond donors (Lipinski definition) is 1. The molecule has 0 aliphatic carbocycles. The third-order valence-electron chi connectivity index (χ3n) is 3.77. The van der Waals surface area contributed by atoms with Crippen LogP contribution in [-0.4, -0.2) is 42.0 Å². The number of benzene rings is 1. The van der Waals surface area contributed by atoms with E-state index < -0.39 is 48.0 Å². The summed E-state index contributed by atoms with van der Waals surface area (Å²) in [5.41, 5.74) is -0.122. The van der Waals surface area contributed by atoms with Gasteiger partial charge in [0.2, 0.25) is 0 Å². The Bertz CT molecular complexity index is 690. The molecule has 0 saturated carbocycles. The fourth-order valence-electron chi connectivity index (χ4n) is 2.19. The summed E-state index contributed by atoms with van der Waals surface area (Å²) in [5.74, 6) is -17.8. The van der Waals surface area contributed by atoms with E-state index >= 15 is 0 Å². The maximum atomic E-state index is 14.1. The molecule has 2 atom stereocenters. The van der Waals surface area contributed by atoms with Gasteiger partial charge in [0.25, 0.3) is 5.91 Å². The van der Waals surface area contributed by atoms with Crippen molar-refractivity contribution in [2.24, 2.45) is 5.92 Å². The molecule has 0 aromatic heterocycles. The molecule has 2 unspecified atom stereocenters. The Hall–Kier alpha value is -2.33. The van der Waals surface area contributed by atoms with Crippen molar-refractivity contribution in [3.63, 3.8) is 0 Å². The molecule has 0 spiro atoms.